The molecule has 2 aromatic carbocycles. The van der Waals surface area contributed by atoms with E-state index < -0.39 is 77.3 Å². The van der Waals surface area contributed by atoms with E-state index in [-0.39, 0.29) is 33.9 Å². The topological polar surface area (TPSA) is 192 Å². The third kappa shape index (κ3) is 9.67. The van der Waals surface area contributed by atoms with Gasteiger partial charge in [0.05, 0.1) is 59.2 Å². The number of methoxy groups -OCH3 is 2. The number of likely N-dealkylation sites (N-methyl/N-ethyl adjacent to an activating group) is 1. The van der Waals surface area contributed by atoms with Crippen LogP contribution in [0.15, 0.2) is 59.6 Å². The number of halogens is 1. The molecule has 2 aromatic rings. The fourth-order valence-electron chi connectivity index (χ4n) is 7.62. The minimum absolute atomic E-state index is 0.00441. The van der Waals surface area contributed by atoms with Crippen molar-refractivity contribution in [1.82, 2.24) is 10.2 Å². The van der Waals surface area contributed by atoms with Crippen molar-refractivity contribution in [1.29, 1.82) is 0 Å². The first kappa shape index (κ1) is 44.5. The van der Waals surface area contributed by atoms with Crippen LogP contribution in [-0.4, -0.2) is 111 Å². The third-order valence-corrected chi connectivity index (χ3v) is 11.3. The zero-order valence-electron chi connectivity index (χ0n) is 34.4. The van der Waals surface area contributed by atoms with Crippen LogP contribution in [0.25, 0.3) is 6.08 Å². The Morgan fingerprint density at radius 1 is 1.25 bits per heavy atom. The largest absolute Gasteiger partial charge is 0.495 e. The van der Waals surface area contributed by atoms with Crippen LogP contribution in [0.5, 0.6) is 5.75 Å². The average Bonchev–Trinajstić information content (AvgIpc) is 3.90. The highest BCUT2D eigenvalue weighted by atomic mass is 35.5. The second kappa shape index (κ2) is 18.6. The average molecular weight is 836 g/mol. The van der Waals surface area contributed by atoms with Crippen molar-refractivity contribution in [3.63, 3.8) is 0 Å². The van der Waals surface area contributed by atoms with Gasteiger partial charge in [0, 0.05) is 45.8 Å². The lowest BCUT2D eigenvalue weighted by Crippen LogP contribution is -2.53. The van der Waals surface area contributed by atoms with E-state index in [1.54, 1.807) is 40.1 Å². The number of epoxide rings is 1. The number of alkyl carbamates (subject to hydrolysis) is 1. The Hall–Kier alpha value is -5.58. The van der Waals surface area contributed by atoms with E-state index in [1.165, 1.54) is 43.5 Å². The summed E-state index contributed by atoms with van der Waals surface area (Å²) in [5.74, 6) is -2.06. The highest BCUT2D eigenvalue weighted by Crippen LogP contribution is 2.49. The van der Waals surface area contributed by atoms with Crippen LogP contribution in [-0.2, 0) is 35.0 Å². The van der Waals surface area contributed by atoms with Crippen LogP contribution in [0.2, 0.25) is 5.02 Å². The van der Waals surface area contributed by atoms with Crippen molar-refractivity contribution in [2.75, 3.05) is 39.8 Å². The molecule has 59 heavy (non-hydrogen) atoms. The first-order valence-corrected chi connectivity index (χ1v) is 19.4. The highest BCUT2D eigenvalue weighted by molar-refractivity contribution is 6.35. The van der Waals surface area contributed by atoms with Gasteiger partial charge in [-0.2, -0.15) is 0 Å². The monoisotopic (exact) mass is 835 g/mol. The number of hydrogen-bond acceptors (Lipinski definition) is 12. The van der Waals surface area contributed by atoms with E-state index in [1.807, 2.05) is 32.1 Å². The molecule has 0 spiro atoms. The Kier molecular flexibility index (Phi) is 14.0. The first-order chi connectivity index (χ1) is 28.0. The van der Waals surface area contributed by atoms with E-state index in [0.29, 0.717) is 24.3 Å². The van der Waals surface area contributed by atoms with Gasteiger partial charge < -0.3 is 38.8 Å². The van der Waals surface area contributed by atoms with Crippen LogP contribution in [0.1, 0.15) is 62.0 Å². The zero-order valence-corrected chi connectivity index (χ0v) is 35.1. The molecule has 3 aliphatic rings. The van der Waals surface area contributed by atoms with Crippen LogP contribution in [0.3, 0.4) is 0 Å². The van der Waals surface area contributed by atoms with Crippen LogP contribution >= 0.6 is 11.6 Å². The number of amides is 3. The maximum atomic E-state index is 14.2. The SMILES string of the molecule is C=Cc1c([N+](=O)[O-])ccc(C(=O)N(C)CC(=O)O[C@H]2CC(=O)N(C)c3cc(cc(OC)c3Cl)C/C(C)=C/C=C/[C@@H](OC)C3C[C@H](OC(=O)N3)[C@@H](C)[C@@H]3O[C@@]23C)c1/N=C\C. The molecule has 3 aliphatic heterocycles. The maximum absolute atomic E-state index is 14.2. The van der Waals surface area contributed by atoms with Crippen molar-refractivity contribution >= 4 is 64.8 Å². The molecule has 5 rings (SSSR count). The van der Waals surface area contributed by atoms with E-state index in [9.17, 15) is 29.3 Å². The Morgan fingerprint density at radius 3 is 2.63 bits per heavy atom. The van der Waals surface area contributed by atoms with Crippen LogP contribution in [0, 0.1) is 16.0 Å². The van der Waals surface area contributed by atoms with Crippen molar-refractivity contribution in [2.24, 2.45) is 10.9 Å². The van der Waals surface area contributed by atoms with Gasteiger partial charge in [0.15, 0.2) is 0 Å². The van der Waals surface area contributed by atoms with Crippen molar-refractivity contribution < 1.29 is 47.8 Å². The van der Waals surface area contributed by atoms with Crippen molar-refractivity contribution in [3.8, 4) is 5.75 Å². The molecular weight excluding hydrogens is 786 g/mol. The number of nitrogens with zero attached hydrogens (tertiary/aromatic N) is 4. The Morgan fingerprint density at radius 2 is 1.98 bits per heavy atom. The van der Waals surface area contributed by atoms with Gasteiger partial charge in [-0.25, -0.2) is 4.79 Å². The summed E-state index contributed by atoms with van der Waals surface area (Å²) in [6, 6.07) is 5.59. The molecule has 17 heteroatoms. The molecule has 0 saturated carbocycles. The second-order valence-corrected chi connectivity index (χ2v) is 15.3. The van der Waals surface area contributed by atoms with Crippen LogP contribution in [0.4, 0.5) is 21.9 Å². The number of allylic oxidation sites excluding steroid dienone is 3. The van der Waals surface area contributed by atoms with E-state index in [0.717, 1.165) is 16.0 Å². The molecule has 316 valence electrons. The zero-order chi connectivity index (χ0) is 43.3. The van der Waals surface area contributed by atoms with Gasteiger partial charge in [-0.1, -0.05) is 55.0 Å². The Bertz CT molecular complexity index is 2100. The summed E-state index contributed by atoms with van der Waals surface area (Å²) in [7, 11) is 5.96. The number of benzene rings is 2. The molecular formula is C42H50ClN5O11. The highest BCUT2D eigenvalue weighted by Gasteiger charge is 2.63. The number of aliphatic imine (C=N–C) groups is 1. The summed E-state index contributed by atoms with van der Waals surface area (Å²) >= 11 is 6.78. The fraction of sp³-hybridized carbons (Fsp3) is 0.452. The van der Waals surface area contributed by atoms with Gasteiger partial charge in [-0.15, -0.1) is 0 Å². The summed E-state index contributed by atoms with van der Waals surface area (Å²) in [6.45, 7) is 10.2. The number of rotatable bonds is 9. The molecule has 3 heterocycles. The number of anilines is 1. The molecule has 0 aliphatic carbocycles. The molecule has 0 radical (unpaired) electrons. The van der Waals surface area contributed by atoms with Gasteiger partial charge in [0.2, 0.25) is 5.91 Å². The molecule has 2 fully saturated rings. The van der Waals surface area contributed by atoms with E-state index in [2.05, 4.69) is 16.9 Å². The molecule has 0 aromatic heterocycles. The number of esters is 1. The smallest absolute Gasteiger partial charge is 0.407 e. The number of nitro groups is 1. The predicted molar refractivity (Wildman–Crippen MR) is 222 cm³/mol. The second-order valence-electron chi connectivity index (χ2n) is 15.0. The lowest BCUT2D eigenvalue weighted by Gasteiger charge is -2.36. The Balaban J connectivity index is 1.49. The summed E-state index contributed by atoms with van der Waals surface area (Å²) in [5.41, 5.74) is 0.694. The molecule has 4 bridgehead atoms. The minimum atomic E-state index is -1.23. The molecule has 1 N–H and O–H groups in total. The fourth-order valence-corrected chi connectivity index (χ4v) is 7.93. The van der Waals surface area contributed by atoms with Crippen LogP contribution < -0.4 is 15.0 Å². The Labute approximate surface area is 347 Å². The third-order valence-electron chi connectivity index (χ3n) is 10.9. The van der Waals surface area contributed by atoms with Gasteiger partial charge in [-0.05, 0) is 51.0 Å². The van der Waals surface area contributed by atoms with Gasteiger partial charge in [0.1, 0.15) is 35.1 Å². The minimum Gasteiger partial charge on any atom is -0.495 e. The number of hydrogen-bond donors (Lipinski definition) is 1. The number of carbonyl (C=O) groups is 4. The normalized spacial score (nSPS) is 27.3. The summed E-state index contributed by atoms with van der Waals surface area (Å²) in [5, 5.41) is 14.8. The summed E-state index contributed by atoms with van der Waals surface area (Å²) in [4.78, 5) is 72.4. The van der Waals surface area contributed by atoms with Gasteiger partial charge >= 0.3 is 12.1 Å². The van der Waals surface area contributed by atoms with Crippen molar-refractivity contribution in [3.05, 3.63) is 86.5 Å². The molecule has 16 nitrogen and oxygen atoms in total. The molecule has 2 saturated heterocycles. The summed E-state index contributed by atoms with van der Waals surface area (Å²) in [6.07, 6.45) is 5.25. The quantitative estimate of drug-likeness (QED) is 0.0968. The number of fused-ring (bicyclic) bond motifs is 5. The summed E-state index contributed by atoms with van der Waals surface area (Å²) < 4.78 is 29.5. The lowest BCUT2D eigenvalue weighted by atomic mass is 9.85. The number of nitro benzene ring substituents is 1. The lowest BCUT2D eigenvalue weighted by molar-refractivity contribution is -0.385. The molecule has 7 atom stereocenters. The number of nitrogens with one attached hydrogen (secondary N) is 1. The molecule has 1 unspecified atom stereocenters. The van der Waals surface area contributed by atoms with Gasteiger partial charge in [-0.3, -0.25) is 29.5 Å². The standard InChI is InChI=1S/C42H50ClN5O11/c1-10-26-29(48(53)54)16-15-27(38(26)44-11-2)40(51)46(6)22-36(50)58-34-21-35(49)47(7)30-18-25(19-33(56-9)37(30)43)17-23(3)13-12-14-31(55-8)28-20-32(57-41(52)45-28)24(4)39-42(34,5)59-39/h10-16,18-19,24,28,31-32,34,39H,1,17,20-22H2,2-9H3,(H,45,52)/b14-12+,23-13+,44-11-/t24-,28?,31-,32+,34+,39+,42+/m1/s1. The number of carbonyl (C=O) groups excluding carboxylic acids is 4. The van der Waals surface area contributed by atoms with E-state index in [4.69, 9.17) is 35.3 Å². The van der Waals surface area contributed by atoms with Gasteiger partial charge in [0.25, 0.3) is 11.6 Å². The first-order valence-electron chi connectivity index (χ1n) is 19.0. The van der Waals surface area contributed by atoms with E-state index >= 15 is 0 Å². The predicted octanol–water partition coefficient (Wildman–Crippen LogP) is 6.39. The molecule has 3 amide bonds. The van der Waals surface area contributed by atoms with Crippen molar-refractivity contribution in [2.45, 2.75) is 83.0 Å². The number of ether oxygens (including phenoxy) is 5. The maximum Gasteiger partial charge on any atom is 0.407 e.